The van der Waals surface area contributed by atoms with Gasteiger partial charge in [-0.2, -0.15) is 13.2 Å². The van der Waals surface area contributed by atoms with Gasteiger partial charge in [0.25, 0.3) is 0 Å². The molecule has 0 amide bonds. The minimum absolute atomic E-state index is 0.250. The number of carboxylic acids is 1. The van der Waals surface area contributed by atoms with Crippen LogP contribution in [0.4, 0.5) is 13.2 Å². The average Bonchev–Trinajstić information content (AvgIpc) is 2.45. The van der Waals surface area contributed by atoms with Gasteiger partial charge < -0.3 is 5.11 Å². The first-order chi connectivity index (χ1) is 10.2. The molecular weight excluding hydrogens is 293 g/mol. The van der Waals surface area contributed by atoms with Gasteiger partial charge in [-0.3, -0.25) is 0 Å². The van der Waals surface area contributed by atoms with Crippen molar-refractivity contribution in [3.8, 4) is 11.1 Å². The van der Waals surface area contributed by atoms with Crippen LogP contribution in [0.3, 0.4) is 0 Å². The largest absolute Gasteiger partial charge is 0.478 e. The fraction of sp³-hybridized carbons (Fsp3) is 0.235. The van der Waals surface area contributed by atoms with Gasteiger partial charge in [-0.15, -0.1) is 0 Å². The van der Waals surface area contributed by atoms with Crippen molar-refractivity contribution in [2.24, 2.45) is 0 Å². The van der Waals surface area contributed by atoms with E-state index >= 15 is 0 Å². The van der Waals surface area contributed by atoms with Gasteiger partial charge in [-0.1, -0.05) is 44.2 Å². The summed E-state index contributed by atoms with van der Waals surface area (Å²) in [5, 5.41) is 8.91. The van der Waals surface area contributed by atoms with Crippen molar-refractivity contribution in [3.63, 3.8) is 0 Å². The first-order valence-electron chi connectivity index (χ1n) is 6.75. The monoisotopic (exact) mass is 308 g/mol. The summed E-state index contributed by atoms with van der Waals surface area (Å²) in [6.45, 7) is 3.99. The molecular formula is C17H15F3O2. The van der Waals surface area contributed by atoms with E-state index in [1.165, 1.54) is 6.07 Å². The predicted molar refractivity (Wildman–Crippen MR) is 77.9 cm³/mol. The van der Waals surface area contributed by atoms with Crippen molar-refractivity contribution in [1.29, 1.82) is 0 Å². The molecule has 0 heterocycles. The third kappa shape index (κ3) is 3.30. The standard InChI is InChI=1S/C17H15F3O2/c1-10(2)11-4-3-5-12(8-11)13-6-7-14(16(21)22)15(9-13)17(18,19)20/h3-10H,1-2H3,(H,21,22). The van der Waals surface area contributed by atoms with Crippen LogP contribution in [0.5, 0.6) is 0 Å². The molecule has 0 aliphatic carbocycles. The van der Waals surface area contributed by atoms with Crippen LogP contribution in [0.2, 0.25) is 0 Å². The van der Waals surface area contributed by atoms with Crippen molar-refractivity contribution in [2.75, 3.05) is 0 Å². The number of carboxylic acid groups (broad SMARTS) is 1. The molecule has 0 fully saturated rings. The lowest BCUT2D eigenvalue weighted by molar-refractivity contribution is -0.138. The fourth-order valence-electron chi connectivity index (χ4n) is 2.22. The SMILES string of the molecule is CC(C)c1cccc(-c2ccc(C(=O)O)c(C(F)(F)F)c2)c1. The summed E-state index contributed by atoms with van der Waals surface area (Å²) in [6, 6.07) is 10.5. The number of benzene rings is 2. The Balaban J connectivity index is 2.58. The van der Waals surface area contributed by atoms with E-state index in [2.05, 4.69) is 0 Å². The summed E-state index contributed by atoms with van der Waals surface area (Å²) >= 11 is 0. The second-order valence-electron chi connectivity index (χ2n) is 5.34. The first-order valence-corrected chi connectivity index (χ1v) is 6.75. The average molecular weight is 308 g/mol. The molecule has 2 aromatic rings. The summed E-state index contributed by atoms with van der Waals surface area (Å²) in [5.41, 5.74) is 0.116. The normalized spacial score (nSPS) is 11.7. The number of carbonyl (C=O) groups is 1. The van der Waals surface area contributed by atoms with E-state index < -0.39 is 23.3 Å². The van der Waals surface area contributed by atoms with Crippen LogP contribution in [0, 0.1) is 0 Å². The first kappa shape index (κ1) is 16.1. The topological polar surface area (TPSA) is 37.3 Å². The maximum atomic E-state index is 13.0. The molecule has 1 N–H and O–H groups in total. The maximum absolute atomic E-state index is 13.0. The zero-order valence-electron chi connectivity index (χ0n) is 12.1. The Morgan fingerprint density at radius 2 is 1.68 bits per heavy atom. The smallest absolute Gasteiger partial charge is 0.417 e. The molecule has 2 aromatic carbocycles. The van der Waals surface area contributed by atoms with Crippen molar-refractivity contribution in [1.82, 2.24) is 0 Å². The highest BCUT2D eigenvalue weighted by atomic mass is 19.4. The predicted octanol–water partition coefficient (Wildman–Crippen LogP) is 5.19. The van der Waals surface area contributed by atoms with Crippen molar-refractivity contribution in [2.45, 2.75) is 25.9 Å². The molecule has 2 nitrogen and oxygen atoms in total. The van der Waals surface area contributed by atoms with E-state index in [0.717, 1.165) is 17.7 Å². The Morgan fingerprint density at radius 3 is 2.23 bits per heavy atom. The highest BCUT2D eigenvalue weighted by molar-refractivity contribution is 5.90. The molecule has 5 heteroatoms. The minimum Gasteiger partial charge on any atom is -0.478 e. The summed E-state index contributed by atoms with van der Waals surface area (Å²) in [6.07, 6.45) is -4.71. The van der Waals surface area contributed by atoms with Gasteiger partial charge >= 0.3 is 12.1 Å². The molecule has 0 aliphatic rings. The van der Waals surface area contributed by atoms with E-state index in [0.29, 0.717) is 11.1 Å². The van der Waals surface area contributed by atoms with Crippen molar-refractivity contribution in [3.05, 3.63) is 59.2 Å². The Hall–Kier alpha value is -2.30. The molecule has 0 aromatic heterocycles. The second kappa shape index (κ2) is 5.83. The molecule has 0 unspecified atom stereocenters. The number of hydrogen-bond donors (Lipinski definition) is 1. The number of halogens is 3. The number of aromatic carboxylic acids is 1. The maximum Gasteiger partial charge on any atom is 0.417 e. The summed E-state index contributed by atoms with van der Waals surface area (Å²) in [4.78, 5) is 11.0. The zero-order chi connectivity index (χ0) is 16.5. The summed E-state index contributed by atoms with van der Waals surface area (Å²) in [5.74, 6) is -1.34. The highest BCUT2D eigenvalue weighted by Crippen LogP contribution is 2.35. The van der Waals surface area contributed by atoms with Gasteiger partial charge in [0.1, 0.15) is 0 Å². The third-order valence-electron chi connectivity index (χ3n) is 3.44. The molecule has 0 radical (unpaired) electrons. The van der Waals surface area contributed by atoms with Crippen LogP contribution in [0.1, 0.15) is 41.3 Å². The molecule has 0 atom stereocenters. The number of hydrogen-bond acceptors (Lipinski definition) is 1. The molecule has 2 rings (SSSR count). The molecule has 0 saturated carbocycles. The van der Waals surface area contributed by atoms with Crippen LogP contribution < -0.4 is 0 Å². The molecule has 0 spiro atoms. The quantitative estimate of drug-likeness (QED) is 0.846. The Morgan fingerprint density at radius 1 is 1.05 bits per heavy atom. The molecule has 116 valence electrons. The van der Waals surface area contributed by atoms with E-state index in [9.17, 15) is 18.0 Å². The number of rotatable bonds is 3. The molecule has 0 bridgehead atoms. The lowest BCUT2D eigenvalue weighted by atomic mass is 9.95. The van der Waals surface area contributed by atoms with E-state index in [-0.39, 0.29) is 5.92 Å². The van der Waals surface area contributed by atoms with Gasteiger partial charge in [0.05, 0.1) is 11.1 Å². The van der Waals surface area contributed by atoms with Crippen molar-refractivity contribution >= 4 is 5.97 Å². The highest BCUT2D eigenvalue weighted by Gasteiger charge is 2.35. The fourth-order valence-corrected chi connectivity index (χ4v) is 2.22. The van der Waals surface area contributed by atoms with E-state index in [1.807, 2.05) is 26.0 Å². The Labute approximate surface area is 126 Å². The van der Waals surface area contributed by atoms with E-state index in [4.69, 9.17) is 5.11 Å². The Kier molecular flexibility index (Phi) is 4.26. The van der Waals surface area contributed by atoms with Crippen LogP contribution in [-0.4, -0.2) is 11.1 Å². The van der Waals surface area contributed by atoms with Gasteiger partial charge in [0.15, 0.2) is 0 Å². The zero-order valence-corrected chi connectivity index (χ0v) is 12.1. The van der Waals surface area contributed by atoms with E-state index in [1.54, 1.807) is 12.1 Å². The van der Waals surface area contributed by atoms with Gasteiger partial charge in [-0.05, 0) is 34.7 Å². The second-order valence-corrected chi connectivity index (χ2v) is 5.34. The summed E-state index contributed by atoms with van der Waals surface area (Å²) < 4.78 is 39.1. The van der Waals surface area contributed by atoms with Gasteiger partial charge in [0.2, 0.25) is 0 Å². The molecule has 0 saturated heterocycles. The Bertz CT molecular complexity index is 703. The van der Waals surface area contributed by atoms with Crippen LogP contribution in [-0.2, 0) is 6.18 Å². The van der Waals surface area contributed by atoms with Crippen molar-refractivity contribution < 1.29 is 23.1 Å². The number of alkyl halides is 3. The van der Waals surface area contributed by atoms with Gasteiger partial charge in [-0.25, -0.2) is 4.79 Å². The van der Waals surface area contributed by atoms with Crippen LogP contribution in [0.25, 0.3) is 11.1 Å². The van der Waals surface area contributed by atoms with Crippen LogP contribution >= 0.6 is 0 Å². The van der Waals surface area contributed by atoms with Crippen LogP contribution in [0.15, 0.2) is 42.5 Å². The molecule has 0 aliphatic heterocycles. The third-order valence-corrected chi connectivity index (χ3v) is 3.44. The summed E-state index contributed by atoms with van der Waals surface area (Å²) in [7, 11) is 0. The lowest BCUT2D eigenvalue weighted by Gasteiger charge is -2.13. The minimum atomic E-state index is -4.71. The molecule has 22 heavy (non-hydrogen) atoms. The van der Waals surface area contributed by atoms with Gasteiger partial charge in [0, 0.05) is 0 Å². The lowest BCUT2D eigenvalue weighted by Crippen LogP contribution is -2.13.